The van der Waals surface area contributed by atoms with E-state index in [1.54, 1.807) is 21.3 Å². The number of hydrogen-bond donors (Lipinski definition) is 0. The average Bonchev–Trinajstić information content (AvgIpc) is 2.77. The third kappa shape index (κ3) is 1.37. The molecule has 0 aliphatic carbocycles. The number of hydrogen-bond acceptors (Lipinski definition) is 4. The summed E-state index contributed by atoms with van der Waals surface area (Å²) >= 11 is 0. The van der Waals surface area contributed by atoms with E-state index in [1.165, 1.54) is 0 Å². The predicted molar refractivity (Wildman–Crippen MR) is 60.0 cm³/mol. The van der Waals surface area contributed by atoms with Crippen LogP contribution in [0.15, 0.2) is 0 Å². The van der Waals surface area contributed by atoms with E-state index in [2.05, 4.69) is 0 Å². The third-order valence-electron chi connectivity index (χ3n) is 2.85. The van der Waals surface area contributed by atoms with Gasteiger partial charge in [0.1, 0.15) is 5.75 Å². The molecule has 0 spiro atoms. The molecule has 0 bridgehead atoms. The predicted octanol–water partition coefficient (Wildman–Crippen LogP) is 1.96. The van der Waals surface area contributed by atoms with Crippen LogP contribution >= 0.6 is 0 Å². The fourth-order valence-corrected chi connectivity index (χ4v) is 2.17. The Balaban J connectivity index is 2.72. The molecule has 0 saturated heterocycles. The van der Waals surface area contributed by atoms with Crippen LogP contribution in [0.4, 0.5) is 0 Å². The van der Waals surface area contributed by atoms with Crippen LogP contribution in [-0.4, -0.2) is 27.9 Å². The Morgan fingerprint density at radius 1 is 0.938 bits per heavy atom. The minimum absolute atomic E-state index is 0.645. The van der Waals surface area contributed by atoms with E-state index in [1.807, 2.05) is 6.92 Å². The lowest BCUT2D eigenvalue weighted by Gasteiger charge is -2.17. The van der Waals surface area contributed by atoms with Gasteiger partial charge in [0.05, 0.1) is 27.9 Å². The largest absolute Gasteiger partial charge is 0.492 e. The van der Waals surface area contributed by atoms with Gasteiger partial charge in [-0.25, -0.2) is 0 Å². The zero-order chi connectivity index (χ0) is 11.7. The highest BCUT2D eigenvalue weighted by Gasteiger charge is 2.28. The molecule has 1 heterocycles. The van der Waals surface area contributed by atoms with Crippen LogP contribution in [0.1, 0.15) is 11.1 Å². The summed E-state index contributed by atoms with van der Waals surface area (Å²) in [6, 6.07) is 0. The van der Waals surface area contributed by atoms with Gasteiger partial charge in [0.2, 0.25) is 5.75 Å². The smallest absolute Gasteiger partial charge is 0.204 e. The standard InChI is InChI=1S/C12H16O4/c1-7-9-8(5-6-16-9)11(14-3)12(15-4)10(7)13-2/h5-6H2,1-4H3. The molecule has 0 N–H and O–H groups in total. The number of benzene rings is 1. The van der Waals surface area contributed by atoms with Gasteiger partial charge in [-0.05, 0) is 6.92 Å². The number of methoxy groups -OCH3 is 3. The van der Waals surface area contributed by atoms with Crippen molar-refractivity contribution in [2.45, 2.75) is 13.3 Å². The molecule has 0 radical (unpaired) electrons. The molecule has 2 rings (SSSR count). The fourth-order valence-electron chi connectivity index (χ4n) is 2.17. The van der Waals surface area contributed by atoms with Crippen LogP contribution in [-0.2, 0) is 6.42 Å². The highest BCUT2D eigenvalue weighted by Crippen LogP contribution is 2.50. The first kappa shape index (κ1) is 10.9. The molecule has 1 aliphatic rings. The average molecular weight is 224 g/mol. The Morgan fingerprint density at radius 3 is 2.12 bits per heavy atom. The molecule has 88 valence electrons. The van der Waals surface area contributed by atoms with E-state index < -0.39 is 0 Å². The monoisotopic (exact) mass is 224 g/mol. The maximum atomic E-state index is 5.60. The van der Waals surface area contributed by atoms with Crippen molar-refractivity contribution < 1.29 is 18.9 Å². The van der Waals surface area contributed by atoms with Crippen molar-refractivity contribution in [3.05, 3.63) is 11.1 Å². The summed E-state index contributed by atoms with van der Waals surface area (Å²) in [5.41, 5.74) is 2.03. The molecule has 0 aromatic heterocycles. The van der Waals surface area contributed by atoms with Crippen molar-refractivity contribution in [3.63, 3.8) is 0 Å². The van der Waals surface area contributed by atoms with Crippen LogP contribution in [0, 0.1) is 6.92 Å². The second-order valence-electron chi connectivity index (χ2n) is 3.63. The highest BCUT2D eigenvalue weighted by molar-refractivity contribution is 5.67. The lowest BCUT2D eigenvalue weighted by atomic mass is 10.1. The van der Waals surface area contributed by atoms with Crippen LogP contribution in [0.25, 0.3) is 0 Å². The van der Waals surface area contributed by atoms with E-state index in [0.717, 1.165) is 29.0 Å². The topological polar surface area (TPSA) is 36.9 Å². The first-order valence-corrected chi connectivity index (χ1v) is 5.18. The molecule has 1 aromatic rings. The second-order valence-corrected chi connectivity index (χ2v) is 3.63. The number of rotatable bonds is 3. The Morgan fingerprint density at radius 2 is 1.56 bits per heavy atom. The van der Waals surface area contributed by atoms with Crippen LogP contribution in [0.3, 0.4) is 0 Å². The summed E-state index contributed by atoms with van der Waals surface area (Å²) in [5, 5.41) is 0. The molecular formula is C12H16O4. The summed E-state index contributed by atoms with van der Waals surface area (Å²) in [4.78, 5) is 0. The fraction of sp³-hybridized carbons (Fsp3) is 0.500. The minimum atomic E-state index is 0.645. The molecule has 4 heteroatoms. The van der Waals surface area contributed by atoms with E-state index >= 15 is 0 Å². The first-order chi connectivity index (χ1) is 7.74. The highest BCUT2D eigenvalue weighted by atomic mass is 16.5. The summed E-state index contributed by atoms with van der Waals surface area (Å²) in [6.07, 6.45) is 0.847. The molecule has 16 heavy (non-hydrogen) atoms. The Bertz CT molecular complexity index is 407. The SMILES string of the molecule is COc1c(C)c2c(c(OC)c1OC)CCO2. The van der Waals surface area contributed by atoms with E-state index in [0.29, 0.717) is 18.1 Å². The zero-order valence-corrected chi connectivity index (χ0v) is 10.0. The summed E-state index contributed by atoms with van der Waals surface area (Å²) in [5.74, 6) is 2.92. The molecule has 0 atom stereocenters. The molecule has 4 nitrogen and oxygen atoms in total. The maximum Gasteiger partial charge on any atom is 0.204 e. The van der Waals surface area contributed by atoms with Gasteiger partial charge in [-0.15, -0.1) is 0 Å². The van der Waals surface area contributed by atoms with Gasteiger partial charge in [0, 0.05) is 17.5 Å². The van der Waals surface area contributed by atoms with Crippen molar-refractivity contribution in [2.75, 3.05) is 27.9 Å². The van der Waals surface area contributed by atoms with Gasteiger partial charge in [-0.3, -0.25) is 0 Å². The molecule has 0 saturated carbocycles. The molecule has 0 amide bonds. The molecule has 0 fully saturated rings. The van der Waals surface area contributed by atoms with Crippen LogP contribution in [0.5, 0.6) is 23.0 Å². The Labute approximate surface area is 95.1 Å². The normalized spacial score (nSPS) is 13.0. The van der Waals surface area contributed by atoms with Crippen LogP contribution < -0.4 is 18.9 Å². The van der Waals surface area contributed by atoms with Crippen molar-refractivity contribution in [3.8, 4) is 23.0 Å². The maximum absolute atomic E-state index is 5.60. The quantitative estimate of drug-likeness (QED) is 0.786. The van der Waals surface area contributed by atoms with Crippen LogP contribution in [0.2, 0.25) is 0 Å². The Kier molecular flexibility index (Phi) is 2.81. The summed E-state index contributed by atoms with van der Waals surface area (Å²) in [7, 11) is 4.86. The number of fused-ring (bicyclic) bond motifs is 1. The van der Waals surface area contributed by atoms with Gasteiger partial charge in [-0.2, -0.15) is 0 Å². The Hall–Kier alpha value is -1.58. The lowest BCUT2D eigenvalue weighted by Crippen LogP contribution is -2.00. The van der Waals surface area contributed by atoms with Gasteiger partial charge < -0.3 is 18.9 Å². The summed E-state index contributed by atoms with van der Waals surface area (Å²) < 4.78 is 21.7. The summed E-state index contributed by atoms with van der Waals surface area (Å²) in [6.45, 7) is 2.65. The van der Waals surface area contributed by atoms with Gasteiger partial charge >= 0.3 is 0 Å². The molecule has 0 unspecified atom stereocenters. The zero-order valence-electron chi connectivity index (χ0n) is 10.0. The molecule has 1 aromatic carbocycles. The van der Waals surface area contributed by atoms with E-state index in [-0.39, 0.29) is 0 Å². The first-order valence-electron chi connectivity index (χ1n) is 5.18. The third-order valence-corrected chi connectivity index (χ3v) is 2.85. The van der Waals surface area contributed by atoms with Crippen molar-refractivity contribution in [1.82, 2.24) is 0 Å². The number of ether oxygens (including phenoxy) is 4. The lowest BCUT2D eigenvalue weighted by molar-refractivity contribution is 0.317. The van der Waals surface area contributed by atoms with Crippen molar-refractivity contribution in [1.29, 1.82) is 0 Å². The minimum Gasteiger partial charge on any atom is -0.492 e. The van der Waals surface area contributed by atoms with E-state index in [9.17, 15) is 0 Å². The van der Waals surface area contributed by atoms with E-state index in [4.69, 9.17) is 18.9 Å². The van der Waals surface area contributed by atoms with Gasteiger partial charge in [-0.1, -0.05) is 0 Å². The van der Waals surface area contributed by atoms with Gasteiger partial charge in [0.25, 0.3) is 0 Å². The van der Waals surface area contributed by atoms with Gasteiger partial charge in [0.15, 0.2) is 11.5 Å². The molecule has 1 aliphatic heterocycles. The molecular weight excluding hydrogens is 208 g/mol. The second kappa shape index (κ2) is 4.12. The van der Waals surface area contributed by atoms with Crippen molar-refractivity contribution in [2.24, 2.45) is 0 Å². The van der Waals surface area contributed by atoms with Crippen molar-refractivity contribution >= 4 is 0 Å².